The van der Waals surface area contributed by atoms with Crippen LogP contribution in [0.15, 0.2) is 0 Å². The molecule has 22 heavy (non-hydrogen) atoms. The van der Waals surface area contributed by atoms with Gasteiger partial charge in [0, 0.05) is 39.7 Å². The van der Waals surface area contributed by atoms with E-state index in [-0.39, 0.29) is 30.3 Å². The topological polar surface area (TPSA) is 70.7 Å². The normalized spacial score (nSPS) is 17.7. The van der Waals surface area contributed by atoms with Gasteiger partial charge in [0.2, 0.25) is 11.8 Å². The molecule has 1 heterocycles. The van der Waals surface area contributed by atoms with Gasteiger partial charge in [0.05, 0.1) is 6.61 Å². The van der Waals surface area contributed by atoms with Crippen molar-refractivity contribution in [3.8, 4) is 0 Å². The second-order valence-corrected chi connectivity index (χ2v) is 5.38. The third-order valence-electron chi connectivity index (χ3n) is 3.67. The molecule has 0 bridgehead atoms. The minimum absolute atomic E-state index is 0. The highest BCUT2D eigenvalue weighted by Gasteiger charge is 2.31. The Bertz CT molecular complexity index is 329. The van der Waals surface area contributed by atoms with Crippen molar-refractivity contribution < 1.29 is 14.3 Å². The molecular weight excluding hydrogens is 306 g/mol. The minimum Gasteiger partial charge on any atom is -0.383 e. The van der Waals surface area contributed by atoms with Crippen LogP contribution in [0.4, 0.5) is 0 Å². The number of halogens is 1. The largest absolute Gasteiger partial charge is 0.383 e. The highest BCUT2D eigenvalue weighted by molar-refractivity contribution is 5.87. The van der Waals surface area contributed by atoms with Crippen molar-refractivity contribution in [1.82, 2.24) is 15.5 Å². The summed E-state index contributed by atoms with van der Waals surface area (Å²) in [6, 6.07) is -0.281. The van der Waals surface area contributed by atoms with Crippen LogP contribution in [-0.2, 0) is 14.3 Å². The molecular formula is C15H30ClN3O3. The van der Waals surface area contributed by atoms with E-state index in [0.717, 1.165) is 32.2 Å². The number of carbonyl (C=O) groups is 2. The molecule has 0 aromatic carbocycles. The molecule has 0 aromatic heterocycles. The number of hydrogen-bond acceptors (Lipinski definition) is 4. The maximum absolute atomic E-state index is 12.2. The summed E-state index contributed by atoms with van der Waals surface area (Å²) in [6.07, 6.45) is 4.14. The summed E-state index contributed by atoms with van der Waals surface area (Å²) in [6.45, 7) is 5.43. The van der Waals surface area contributed by atoms with Gasteiger partial charge in [-0.3, -0.25) is 9.59 Å². The van der Waals surface area contributed by atoms with Gasteiger partial charge >= 0.3 is 0 Å². The Kier molecular flexibility index (Phi) is 12.2. The van der Waals surface area contributed by atoms with E-state index in [1.54, 1.807) is 12.0 Å². The monoisotopic (exact) mass is 335 g/mol. The average Bonchev–Trinajstić information content (AvgIpc) is 2.50. The SMILES string of the molecule is CCCC(=O)N1CCCCC1C(=O)NCCNCCOC.Cl. The van der Waals surface area contributed by atoms with E-state index in [0.29, 0.717) is 32.7 Å². The second kappa shape index (κ2) is 12.7. The number of nitrogens with zero attached hydrogens (tertiary/aromatic N) is 1. The Labute approximate surface area is 139 Å². The van der Waals surface area contributed by atoms with Crippen LogP contribution >= 0.6 is 12.4 Å². The van der Waals surface area contributed by atoms with Crippen LogP contribution in [0.3, 0.4) is 0 Å². The van der Waals surface area contributed by atoms with E-state index >= 15 is 0 Å². The summed E-state index contributed by atoms with van der Waals surface area (Å²) in [5, 5.41) is 6.10. The van der Waals surface area contributed by atoms with Crippen molar-refractivity contribution in [3.05, 3.63) is 0 Å². The molecule has 0 saturated carbocycles. The highest BCUT2D eigenvalue weighted by Crippen LogP contribution is 2.18. The van der Waals surface area contributed by atoms with E-state index < -0.39 is 0 Å². The number of likely N-dealkylation sites (tertiary alicyclic amines) is 1. The summed E-state index contributed by atoms with van der Waals surface area (Å²) in [4.78, 5) is 26.1. The van der Waals surface area contributed by atoms with Gasteiger partial charge < -0.3 is 20.3 Å². The zero-order valence-corrected chi connectivity index (χ0v) is 14.5. The third kappa shape index (κ3) is 7.42. The van der Waals surface area contributed by atoms with E-state index in [9.17, 15) is 9.59 Å². The molecule has 1 fully saturated rings. The number of nitrogens with one attached hydrogen (secondary N) is 2. The molecule has 130 valence electrons. The number of methoxy groups -OCH3 is 1. The van der Waals surface area contributed by atoms with Crippen LogP contribution in [0.1, 0.15) is 39.0 Å². The van der Waals surface area contributed by atoms with Crippen molar-refractivity contribution >= 4 is 24.2 Å². The Morgan fingerprint density at radius 1 is 1.23 bits per heavy atom. The van der Waals surface area contributed by atoms with Gasteiger partial charge in [-0.25, -0.2) is 0 Å². The van der Waals surface area contributed by atoms with E-state index in [1.165, 1.54) is 0 Å². The van der Waals surface area contributed by atoms with Crippen LogP contribution in [0.25, 0.3) is 0 Å². The standard InChI is InChI=1S/C15H29N3O3.ClH/c1-3-6-14(19)18-11-5-4-7-13(18)15(20)17-9-8-16-10-12-21-2;/h13,16H,3-12H2,1-2H3,(H,17,20);1H. The number of hydrogen-bond donors (Lipinski definition) is 2. The maximum atomic E-state index is 12.2. The summed E-state index contributed by atoms with van der Waals surface area (Å²) in [5.41, 5.74) is 0. The van der Waals surface area contributed by atoms with Gasteiger partial charge in [-0.05, 0) is 25.7 Å². The number of ether oxygens (including phenoxy) is 1. The van der Waals surface area contributed by atoms with Gasteiger partial charge in [0.15, 0.2) is 0 Å². The van der Waals surface area contributed by atoms with Gasteiger partial charge in [-0.15, -0.1) is 12.4 Å². The van der Waals surface area contributed by atoms with Crippen LogP contribution < -0.4 is 10.6 Å². The molecule has 1 rings (SSSR count). The van der Waals surface area contributed by atoms with Gasteiger partial charge in [-0.1, -0.05) is 6.92 Å². The molecule has 0 aliphatic carbocycles. The first kappa shape index (κ1) is 21.1. The van der Waals surface area contributed by atoms with Crippen molar-refractivity contribution in [2.45, 2.75) is 45.1 Å². The zero-order chi connectivity index (χ0) is 15.5. The molecule has 2 amide bonds. The lowest BCUT2D eigenvalue weighted by Gasteiger charge is -2.34. The molecule has 1 aliphatic rings. The fourth-order valence-electron chi connectivity index (χ4n) is 2.55. The van der Waals surface area contributed by atoms with Crippen LogP contribution in [0, 0.1) is 0 Å². The fourth-order valence-corrected chi connectivity index (χ4v) is 2.55. The molecule has 1 saturated heterocycles. The van der Waals surface area contributed by atoms with Crippen LogP contribution in [0.2, 0.25) is 0 Å². The average molecular weight is 336 g/mol. The Morgan fingerprint density at radius 2 is 2.00 bits per heavy atom. The summed E-state index contributed by atoms with van der Waals surface area (Å²) < 4.78 is 4.93. The lowest BCUT2D eigenvalue weighted by atomic mass is 10.0. The molecule has 2 N–H and O–H groups in total. The lowest BCUT2D eigenvalue weighted by molar-refractivity contribution is -0.142. The lowest BCUT2D eigenvalue weighted by Crippen LogP contribution is -2.52. The second-order valence-electron chi connectivity index (χ2n) is 5.38. The third-order valence-corrected chi connectivity index (χ3v) is 3.67. The first-order valence-corrected chi connectivity index (χ1v) is 7.97. The number of amides is 2. The van der Waals surface area contributed by atoms with Crippen molar-refractivity contribution in [3.63, 3.8) is 0 Å². The van der Waals surface area contributed by atoms with E-state index in [2.05, 4.69) is 10.6 Å². The number of rotatable bonds is 9. The molecule has 0 spiro atoms. The zero-order valence-electron chi connectivity index (χ0n) is 13.7. The summed E-state index contributed by atoms with van der Waals surface area (Å²) in [5.74, 6) is 0.0864. The molecule has 1 aliphatic heterocycles. The van der Waals surface area contributed by atoms with Gasteiger partial charge in [0.25, 0.3) is 0 Å². The Hall–Kier alpha value is -0.850. The predicted molar refractivity (Wildman–Crippen MR) is 89.3 cm³/mol. The minimum atomic E-state index is -0.281. The fraction of sp³-hybridized carbons (Fsp3) is 0.867. The van der Waals surface area contributed by atoms with Crippen molar-refractivity contribution in [1.29, 1.82) is 0 Å². The number of carbonyl (C=O) groups excluding carboxylic acids is 2. The first-order chi connectivity index (χ1) is 10.2. The molecule has 7 heteroatoms. The van der Waals surface area contributed by atoms with Crippen molar-refractivity contribution in [2.75, 3.05) is 39.9 Å². The van der Waals surface area contributed by atoms with Crippen molar-refractivity contribution in [2.24, 2.45) is 0 Å². The molecule has 0 aromatic rings. The highest BCUT2D eigenvalue weighted by atomic mass is 35.5. The number of piperidine rings is 1. The van der Waals surface area contributed by atoms with E-state index in [1.807, 2.05) is 6.92 Å². The molecule has 1 atom stereocenters. The Balaban J connectivity index is 0.00000441. The first-order valence-electron chi connectivity index (χ1n) is 7.97. The maximum Gasteiger partial charge on any atom is 0.242 e. The molecule has 6 nitrogen and oxygen atoms in total. The Morgan fingerprint density at radius 3 is 2.68 bits per heavy atom. The van der Waals surface area contributed by atoms with E-state index in [4.69, 9.17) is 4.74 Å². The summed E-state index contributed by atoms with van der Waals surface area (Å²) in [7, 11) is 1.66. The van der Waals surface area contributed by atoms with Gasteiger partial charge in [-0.2, -0.15) is 0 Å². The quantitative estimate of drug-likeness (QED) is 0.615. The molecule has 1 unspecified atom stereocenters. The predicted octanol–water partition coefficient (Wildman–Crippen LogP) is 0.942. The molecule has 0 radical (unpaired) electrons. The van der Waals surface area contributed by atoms with Crippen LogP contribution in [-0.4, -0.2) is 62.7 Å². The smallest absolute Gasteiger partial charge is 0.242 e. The van der Waals surface area contributed by atoms with Gasteiger partial charge in [0.1, 0.15) is 6.04 Å². The van der Waals surface area contributed by atoms with Crippen LogP contribution in [0.5, 0.6) is 0 Å². The summed E-state index contributed by atoms with van der Waals surface area (Å²) >= 11 is 0.